The zero-order valence-corrected chi connectivity index (χ0v) is 13.9. The molecular weight excluding hydrogens is 319 g/mol. The van der Waals surface area contributed by atoms with Gasteiger partial charge in [-0.15, -0.1) is 0 Å². The monoisotopic (exact) mass is 340 g/mol. The number of hydrogen-bond acceptors (Lipinski definition) is 4. The highest BCUT2D eigenvalue weighted by Crippen LogP contribution is 2.29. The quantitative estimate of drug-likeness (QED) is 0.337. The summed E-state index contributed by atoms with van der Waals surface area (Å²) in [6, 6.07) is -2.71. The molecule has 0 aliphatic rings. The molecule has 0 aliphatic heterocycles. The third-order valence-electron chi connectivity index (χ3n) is 2.83. The van der Waals surface area contributed by atoms with Crippen molar-refractivity contribution in [2.45, 2.75) is 38.9 Å². The Morgan fingerprint density at radius 1 is 1.19 bits per heavy atom. The van der Waals surface area contributed by atoms with Gasteiger partial charge in [-0.3, -0.25) is 14.4 Å². The summed E-state index contributed by atoms with van der Waals surface area (Å²) in [5.74, 6) is -1.81. The van der Waals surface area contributed by atoms with Gasteiger partial charge < -0.3 is 25.7 Å². The summed E-state index contributed by atoms with van der Waals surface area (Å²) in [6.07, 6.45) is 0. The van der Waals surface area contributed by atoms with E-state index in [0.29, 0.717) is 0 Å². The SMILES string of the molecule is CC(NC(=O)C(C)N(C)C(=O)C(C)NP(O)(O)=S)C(N)=O. The lowest BCUT2D eigenvalue weighted by Crippen LogP contribution is -2.53. The number of carbonyl (C=O) groups excluding carboxylic acids is 3. The van der Waals surface area contributed by atoms with Gasteiger partial charge in [-0.05, 0) is 32.6 Å². The molecule has 0 rings (SSSR count). The minimum absolute atomic E-state index is 0.554. The molecule has 122 valence electrons. The number of carbonyl (C=O) groups is 3. The first kappa shape index (κ1) is 19.9. The number of amides is 3. The van der Waals surface area contributed by atoms with Gasteiger partial charge in [0.1, 0.15) is 12.1 Å². The number of likely N-dealkylation sites (N-methyl/N-ethyl adjacent to an activating group) is 1. The van der Waals surface area contributed by atoms with Crippen LogP contribution in [0.4, 0.5) is 0 Å². The molecule has 3 atom stereocenters. The second-order valence-corrected chi connectivity index (χ2v) is 7.53. The third kappa shape index (κ3) is 6.96. The van der Waals surface area contributed by atoms with Crippen LogP contribution in [0.15, 0.2) is 0 Å². The minimum Gasteiger partial charge on any atom is -0.368 e. The van der Waals surface area contributed by atoms with E-state index >= 15 is 0 Å². The molecule has 11 heteroatoms. The fourth-order valence-electron chi connectivity index (χ4n) is 1.38. The zero-order valence-electron chi connectivity index (χ0n) is 12.2. The molecular formula is C10H21N4O5PS. The van der Waals surface area contributed by atoms with Crippen LogP contribution in [0.2, 0.25) is 0 Å². The molecule has 3 unspecified atom stereocenters. The summed E-state index contributed by atoms with van der Waals surface area (Å²) in [6.45, 7) is 0.544. The molecule has 0 radical (unpaired) electrons. The Hall–Kier alpha value is -1.06. The zero-order chi connectivity index (χ0) is 17.0. The Balaban J connectivity index is 4.72. The van der Waals surface area contributed by atoms with Crippen molar-refractivity contribution in [1.29, 1.82) is 0 Å². The van der Waals surface area contributed by atoms with Crippen molar-refractivity contribution in [3.8, 4) is 0 Å². The molecule has 0 fully saturated rings. The van der Waals surface area contributed by atoms with Crippen LogP contribution in [0.1, 0.15) is 20.8 Å². The van der Waals surface area contributed by atoms with Crippen LogP contribution in [0.5, 0.6) is 0 Å². The summed E-state index contributed by atoms with van der Waals surface area (Å²) < 4.78 is 0. The summed E-state index contributed by atoms with van der Waals surface area (Å²) in [5.41, 5.74) is 5.03. The lowest BCUT2D eigenvalue weighted by atomic mass is 10.2. The molecule has 0 heterocycles. The van der Waals surface area contributed by atoms with Crippen molar-refractivity contribution in [3.05, 3.63) is 0 Å². The normalized spacial score (nSPS) is 15.7. The van der Waals surface area contributed by atoms with Crippen molar-refractivity contribution < 1.29 is 24.2 Å². The summed E-state index contributed by atoms with van der Waals surface area (Å²) in [4.78, 5) is 54.1. The van der Waals surface area contributed by atoms with Crippen molar-refractivity contribution in [2.75, 3.05) is 7.05 Å². The van der Waals surface area contributed by atoms with Crippen LogP contribution >= 0.6 is 6.64 Å². The average Bonchev–Trinajstić information content (AvgIpc) is 2.33. The first-order chi connectivity index (χ1) is 9.36. The Labute approximate surface area is 128 Å². The van der Waals surface area contributed by atoms with Crippen molar-refractivity contribution in [1.82, 2.24) is 15.3 Å². The topological polar surface area (TPSA) is 145 Å². The maximum absolute atomic E-state index is 12.0. The highest BCUT2D eigenvalue weighted by molar-refractivity contribution is 8.08. The van der Waals surface area contributed by atoms with Crippen LogP contribution in [-0.4, -0.2) is 57.6 Å². The Bertz CT molecular complexity index is 468. The van der Waals surface area contributed by atoms with E-state index in [2.05, 4.69) is 22.2 Å². The smallest absolute Gasteiger partial charge is 0.256 e. The summed E-state index contributed by atoms with van der Waals surface area (Å²) in [7, 11) is 1.37. The molecule has 21 heavy (non-hydrogen) atoms. The minimum atomic E-state index is -3.73. The van der Waals surface area contributed by atoms with E-state index in [9.17, 15) is 14.4 Å². The predicted molar refractivity (Wildman–Crippen MR) is 80.4 cm³/mol. The van der Waals surface area contributed by atoms with E-state index in [1.807, 2.05) is 0 Å². The van der Waals surface area contributed by atoms with Crippen LogP contribution < -0.4 is 16.1 Å². The molecule has 9 nitrogen and oxygen atoms in total. The molecule has 0 aromatic rings. The van der Waals surface area contributed by atoms with E-state index in [-0.39, 0.29) is 0 Å². The third-order valence-corrected chi connectivity index (χ3v) is 3.87. The van der Waals surface area contributed by atoms with Gasteiger partial charge in [0.2, 0.25) is 17.7 Å². The van der Waals surface area contributed by atoms with E-state index < -0.39 is 42.5 Å². The molecule has 0 bridgehead atoms. The number of primary amides is 1. The number of nitrogens with zero attached hydrogens (tertiary/aromatic N) is 1. The number of nitrogens with one attached hydrogen (secondary N) is 2. The molecule has 0 saturated carbocycles. The molecule has 3 amide bonds. The Morgan fingerprint density at radius 2 is 1.67 bits per heavy atom. The van der Waals surface area contributed by atoms with E-state index in [1.54, 1.807) is 0 Å². The standard InChI is InChI=1S/C10H21N4O5PS/c1-5(8(11)15)12-9(16)7(3)14(4)10(17)6(2)13-20(18,19)21/h5-7H,1-4H3,(H2,11,15)(H,12,16)(H3,13,18,19,21). The Morgan fingerprint density at radius 3 is 2.05 bits per heavy atom. The maximum atomic E-state index is 12.0. The van der Waals surface area contributed by atoms with Crippen molar-refractivity contribution >= 4 is 36.2 Å². The van der Waals surface area contributed by atoms with Gasteiger partial charge in [0, 0.05) is 7.05 Å². The van der Waals surface area contributed by atoms with Gasteiger partial charge in [0.25, 0.3) is 6.64 Å². The van der Waals surface area contributed by atoms with Gasteiger partial charge in [0.05, 0.1) is 6.04 Å². The molecule has 0 saturated heterocycles. The molecule has 6 N–H and O–H groups in total. The molecule has 0 spiro atoms. The van der Waals surface area contributed by atoms with E-state index in [0.717, 1.165) is 4.90 Å². The van der Waals surface area contributed by atoms with Gasteiger partial charge in [0.15, 0.2) is 0 Å². The molecule has 0 aromatic heterocycles. The van der Waals surface area contributed by atoms with Crippen LogP contribution in [0.25, 0.3) is 0 Å². The van der Waals surface area contributed by atoms with Gasteiger partial charge in [-0.25, -0.2) is 5.09 Å². The maximum Gasteiger partial charge on any atom is 0.256 e. The highest BCUT2D eigenvalue weighted by atomic mass is 32.5. The summed E-state index contributed by atoms with van der Waals surface area (Å²) >= 11 is 4.38. The van der Waals surface area contributed by atoms with Crippen LogP contribution in [0, 0.1) is 0 Å². The first-order valence-corrected chi connectivity index (χ1v) is 8.77. The lowest BCUT2D eigenvalue weighted by Gasteiger charge is -2.28. The Kier molecular flexibility index (Phi) is 7.41. The van der Waals surface area contributed by atoms with Crippen molar-refractivity contribution in [3.63, 3.8) is 0 Å². The van der Waals surface area contributed by atoms with Gasteiger partial charge in [-0.2, -0.15) is 0 Å². The van der Waals surface area contributed by atoms with Crippen molar-refractivity contribution in [2.24, 2.45) is 5.73 Å². The number of nitrogens with two attached hydrogens (primary N) is 1. The predicted octanol–water partition coefficient (Wildman–Crippen LogP) is -1.99. The van der Waals surface area contributed by atoms with Gasteiger partial charge >= 0.3 is 0 Å². The fraction of sp³-hybridized carbons (Fsp3) is 0.700. The second kappa shape index (κ2) is 7.81. The lowest BCUT2D eigenvalue weighted by molar-refractivity contribution is -0.140. The fourth-order valence-corrected chi connectivity index (χ4v) is 2.47. The van der Waals surface area contributed by atoms with E-state index in [1.165, 1.54) is 27.8 Å². The summed E-state index contributed by atoms with van der Waals surface area (Å²) in [5, 5.41) is 4.55. The number of rotatable bonds is 7. The number of hydrogen-bond donors (Lipinski definition) is 5. The first-order valence-electron chi connectivity index (χ1n) is 6.06. The average molecular weight is 340 g/mol. The van der Waals surface area contributed by atoms with Crippen LogP contribution in [-0.2, 0) is 26.2 Å². The second-order valence-electron chi connectivity index (χ2n) is 4.65. The highest BCUT2D eigenvalue weighted by Gasteiger charge is 2.29. The largest absolute Gasteiger partial charge is 0.368 e. The van der Waals surface area contributed by atoms with E-state index in [4.69, 9.17) is 15.5 Å². The molecule has 0 aromatic carbocycles. The molecule has 0 aliphatic carbocycles. The van der Waals surface area contributed by atoms with Crippen LogP contribution in [0.3, 0.4) is 0 Å². The van der Waals surface area contributed by atoms with Gasteiger partial charge in [-0.1, -0.05) is 0 Å².